The number of amides is 1. The number of piperidine rings is 1. The van der Waals surface area contributed by atoms with E-state index in [0.717, 1.165) is 36.9 Å². The summed E-state index contributed by atoms with van der Waals surface area (Å²) in [5.41, 5.74) is -0.175. The van der Waals surface area contributed by atoms with Crippen LogP contribution in [0.3, 0.4) is 0 Å². The summed E-state index contributed by atoms with van der Waals surface area (Å²) in [6.45, 7) is 3.29. The summed E-state index contributed by atoms with van der Waals surface area (Å²) in [6, 6.07) is 1.49. The number of fused-ring (bicyclic) bond motifs is 1. The fourth-order valence-electron chi connectivity index (χ4n) is 3.62. The van der Waals surface area contributed by atoms with Crippen LogP contribution in [0.2, 0.25) is 0 Å². The minimum atomic E-state index is -1.56. The third-order valence-corrected chi connectivity index (χ3v) is 5.03. The molecule has 0 spiro atoms. The van der Waals surface area contributed by atoms with Crippen LogP contribution in [-0.2, 0) is 13.1 Å². The summed E-state index contributed by atoms with van der Waals surface area (Å²) >= 11 is 0. The highest BCUT2D eigenvalue weighted by atomic mass is 19.2. The highest BCUT2D eigenvalue weighted by Crippen LogP contribution is 2.28. The van der Waals surface area contributed by atoms with Gasteiger partial charge in [0, 0.05) is 37.7 Å². The van der Waals surface area contributed by atoms with Crippen LogP contribution in [0.25, 0.3) is 0 Å². The fourth-order valence-corrected chi connectivity index (χ4v) is 3.62. The van der Waals surface area contributed by atoms with Crippen LogP contribution in [0.15, 0.2) is 12.1 Å². The Balaban J connectivity index is 1.45. The average Bonchev–Trinajstić information content (AvgIpc) is 3.09. The zero-order valence-corrected chi connectivity index (χ0v) is 14.0. The molecule has 1 aromatic heterocycles. The molecular formula is C17H18F3N5O. The predicted molar refractivity (Wildman–Crippen MR) is 85.9 cm³/mol. The van der Waals surface area contributed by atoms with E-state index in [4.69, 9.17) is 0 Å². The number of nitrogens with one attached hydrogen (secondary N) is 1. The maximum absolute atomic E-state index is 13.4. The molecule has 2 aliphatic heterocycles. The van der Waals surface area contributed by atoms with Crippen molar-refractivity contribution in [1.82, 2.24) is 25.0 Å². The maximum atomic E-state index is 13.4. The number of benzene rings is 1. The molecular weight excluding hydrogens is 347 g/mol. The van der Waals surface area contributed by atoms with Crippen molar-refractivity contribution in [3.63, 3.8) is 0 Å². The first kappa shape index (κ1) is 17.0. The van der Waals surface area contributed by atoms with Crippen molar-refractivity contribution in [3.05, 3.63) is 46.8 Å². The van der Waals surface area contributed by atoms with E-state index in [1.54, 1.807) is 0 Å². The van der Waals surface area contributed by atoms with Crippen molar-refractivity contribution in [2.75, 3.05) is 19.6 Å². The van der Waals surface area contributed by atoms with Gasteiger partial charge < -0.3 is 14.8 Å². The second-order valence-corrected chi connectivity index (χ2v) is 6.62. The predicted octanol–water partition coefficient (Wildman–Crippen LogP) is 1.82. The second-order valence-electron chi connectivity index (χ2n) is 6.62. The molecule has 26 heavy (non-hydrogen) atoms. The molecule has 1 amide bonds. The molecule has 1 saturated heterocycles. The molecule has 1 fully saturated rings. The second kappa shape index (κ2) is 6.71. The molecule has 4 rings (SSSR count). The Labute approximate surface area is 148 Å². The molecule has 6 nitrogen and oxygen atoms in total. The van der Waals surface area contributed by atoms with Crippen molar-refractivity contribution in [2.24, 2.45) is 0 Å². The van der Waals surface area contributed by atoms with E-state index < -0.39 is 23.4 Å². The fraction of sp³-hybridized carbons (Fsp3) is 0.471. The maximum Gasteiger partial charge on any atom is 0.254 e. The van der Waals surface area contributed by atoms with Gasteiger partial charge in [-0.2, -0.15) is 0 Å². The lowest BCUT2D eigenvalue weighted by atomic mass is 9.95. The van der Waals surface area contributed by atoms with E-state index in [1.807, 2.05) is 0 Å². The summed E-state index contributed by atoms with van der Waals surface area (Å²) in [4.78, 5) is 14.0. The molecule has 1 N–H and O–H groups in total. The number of aromatic nitrogens is 3. The molecule has 2 aromatic rings. The van der Waals surface area contributed by atoms with Gasteiger partial charge in [-0.1, -0.05) is 0 Å². The largest absolute Gasteiger partial charge is 0.339 e. The van der Waals surface area contributed by atoms with Gasteiger partial charge in [0.25, 0.3) is 5.91 Å². The first-order valence-electron chi connectivity index (χ1n) is 8.61. The molecule has 138 valence electrons. The molecule has 3 heterocycles. The molecule has 0 unspecified atom stereocenters. The number of carbonyl (C=O) groups excluding carboxylic acids is 1. The van der Waals surface area contributed by atoms with Crippen LogP contribution in [0.1, 0.15) is 40.8 Å². The van der Waals surface area contributed by atoms with Crippen LogP contribution in [0, 0.1) is 17.5 Å². The van der Waals surface area contributed by atoms with Gasteiger partial charge in [0.2, 0.25) is 0 Å². The summed E-state index contributed by atoms with van der Waals surface area (Å²) in [6.07, 6.45) is 1.40. The van der Waals surface area contributed by atoms with Crippen molar-refractivity contribution in [3.8, 4) is 0 Å². The number of halogens is 3. The van der Waals surface area contributed by atoms with Gasteiger partial charge in [-0.15, -0.1) is 10.2 Å². The Hall–Kier alpha value is -2.42. The van der Waals surface area contributed by atoms with Crippen molar-refractivity contribution >= 4 is 5.91 Å². The average molecular weight is 365 g/mol. The van der Waals surface area contributed by atoms with Crippen molar-refractivity contribution < 1.29 is 18.0 Å². The van der Waals surface area contributed by atoms with Crippen molar-refractivity contribution in [1.29, 1.82) is 0 Å². The van der Waals surface area contributed by atoms with Gasteiger partial charge in [-0.25, -0.2) is 13.2 Å². The van der Waals surface area contributed by atoms with Gasteiger partial charge in [0.1, 0.15) is 11.6 Å². The van der Waals surface area contributed by atoms with Gasteiger partial charge >= 0.3 is 0 Å². The molecule has 9 heteroatoms. The van der Waals surface area contributed by atoms with Crippen LogP contribution < -0.4 is 5.32 Å². The Kier molecular flexibility index (Phi) is 4.39. The van der Waals surface area contributed by atoms with E-state index in [-0.39, 0.29) is 11.5 Å². The van der Waals surface area contributed by atoms with E-state index in [9.17, 15) is 18.0 Å². The Bertz CT molecular complexity index is 822. The standard InChI is InChI=1S/C17H18F3N5O/c18-12-7-11(8-13(19)15(12)20)17(26)24-4-1-10(2-5-24)16-23-22-14-9-21-3-6-25(14)16/h7-8,10,21H,1-6,9H2. The lowest BCUT2D eigenvalue weighted by molar-refractivity contribution is 0.0708. The van der Waals surface area contributed by atoms with E-state index in [2.05, 4.69) is 20.1 Å². The number of nitrogens with zero attached hydrogens (tertiary/aromatic N) is 4. The number of likely N-dealkylation sites (tertiary alicyclic amines) is 1. The van der Waals surface area contributed by atoms with E-state index in [1.165, 1.54) is 4.90 Å². The Morgan fingerprint density at radius 2 is 1.77 bits per heavy atom. The van der Waals surface area contributed by atoms with Gasteiger partial charge in [-0.05, 0) is 25.0 Å². The molecule has 0 bridgehead atoms. The highest BCUT2D eigenvalue weighted by molar-refractivity contribution is 5.94. The minimum Gasteiger partial charge on any atom is -0.339 e. The summed E-state index contributed by atoms with van der Waals surface area (Å²) in [5, 5.41) is 11.8. The molecule has 1 aromatic carbocycles. The Morgan fingerprint density at radius 3 is 2.46 bits per heavy atom. The summed E-state index contributed by atoms with van der Waals surface area (Å²) < 4.78 is 41.9. The zero-order valence-electron chi connectivity index (χ0n) is 14.0. The molecule has 0 aliphatic carbocycles. The van der Waals surface area contributed by atoms with Crippen LogP contribution in [-0.4, -0.2) is 45.2 Å². The minimum absolute atomic E-state index is 0.175. The van der Waals surface area contributed by atoms with Crippen molar-refractivity contribution in [2.45, 2.75) is 31.8 Å². The lowest BCUT2D eigenvalue weighted by Crippen LogP contribution is -2.39. The normalized spacial score (nSPS) is 18.0. The van der Waals surface area contributed by atoms with Crippen LogP contribution in [0.4, 0.5) is 13.2 Å². The Morgan fingerprint density at radius 1 is 1.08 bits per heavy atom. The van der Waals surface area contributed by atoms with Gasteiger partial charge in [-0.3, -0.25) is 4.79 Å². The SMILES string of the molecule is O=C(c1cc(F)c(F)c(F)c1)N1CCC(c2nnc3n2CCNC3)CC1. The number of carbonyl (C=O) groups is 1. The monoisotopic (exact) mass is 365 g/mol. The smallest absolute Gasteiger partial charge is 0.254 e. The van der Waals surface area contributed by atoms with Crippen LogP contribution >= 0.6 is 0 Å². The van der Waals surface area contributed by atoms with Gasteiger partial charge in [0.05, 0.1) is 6.54 Å². The molecule has 0 atom stereocenters. The third kappa shape index (κ3) is 2.96. The summed E-state index contributed by atoms with van der Waals surface area (Å²) in [5.74, 6) is -2.71. The van der Waals surface area contributed by atoms with Gasteiger partial charge in [0.15, 0.2) is 17.5 Å². The van der Waals surface area contributed by atoms with E-state index in [0.29, 0.717) is 32.5 Å². The molecule has 2 aliphatic rings. The topological polar surface area (TPSA) is 63.1 Å². The molecule has 0 saturated carbocycles. The molecule has 0 radical (unpaired) electrons. The summed E-state index contributed by atoms with van der Waals surface area (Å²) in [7, 11) is 0. The number of hydrogen-bond donors (Lipinski definition) is 1. The first-order valence-corrected chi connectivity index (χ1v) is 8.61. The van der Waals surface area contributed by atoms with Crippen LogP contribution in [0.5, 0.6) is 0 Å². The highest BCUT2D eigenvalue weighted by Gasteiger charge is 2.29. The zero-order chi connectivity index (χ0) is 18.3. The quantitative estimate of drug-likeness (QED) is 0.825. The number of rotatable bonds is 2. The van der Waals surface area contributed by atoms with E-state index >= 15 is 0 Å². The first-order chi connectivity index (χ1) is 12.5. The number of hydrogen-bond acceptors (Lipinski definition) is 4. The third-order valence-electron chi connectivity index (χ3n) is 5.03. The lowest BCUT2D eigenvalue weighted by Gasteiger charge is -2.32.